The molecule has 1 aromatic carbocycles. The number of amides is 3. The van der Waals surface area contributed by atoms with E-state index in [1.54, 1.807) is 45.9 Å². The highest BCUT2D eigenvalue weighted by molar-refractivity contribution is 6.42. The van der Waals surface area contributed by atoms with Crippen LogP contribution in [0.25, 0.3) is 5.69 Å². The highest BCUT2D eigenvalue weighted by Crippen LogP contribution is 2.35. The summed E-state index contributed by atoms with van der Waals surface area (Å²) in [5.41, 5.74) is 3.42. The molecule has 0 spiro atoms. The normalized spacial score (nSPS) is 18.7. The van der Waals surface area contributed by atoms with Gasteiger partial charge in [-0.05, 0) is 51.1 Å². The highest BCUT2D eigenvalue weighted by Gasteiger charge is 2.43. The predicted octanol–water partition coefficient (Wildman–Crippen LogP) is 3.57. The molecule has 0 saturated carbocycles. The number of fused-ring (bicyclic) bond motifs is 3. The first kappa shape index (κ1) is 28.8. The van der Waals surface area contributed by atoms with Gasteiger partial charge in [0.15, 0.2) is 0 Å². The molecule has 0 bridgehead atoms. The zero-order valence-corrected chi connectivity index (χ0v) is 25.5. The molecule has 2 aliphatic heterocycles. The fourth-order valence-electron chi connectivity index (χ4n) is 5.74. The summed E-state index contributed by atoms with van der Waals surface area (Å²) in [5, 5.41) is 12.3. The van der Waals surface area contributed by atoms with Gasteiger partial charge in [-0.1, -0.05) is 23.2 Å². The molecule has 222 valence electrons. The molecule has 1 unspecified atom stereocenters. The lowest BCUT2D eigenvalue weighted by Gasteiger charge is -2.37. The molecular weight excluding hydrogens is 593 g/mol. The third-order valence-electron chi connectivity index (χ3n) is 8.17. The summed E-state index contributed by atoms with van der Waals surface area (Å²) in [6, 6.07) is 7.05. The van der Waals surface area contributed by atoms with Crippen LogP contribution in [0.1, 0.15) is 69.6 Å². The van der Waals surface area contributed by atoms with Gasteiger partial charge in [-0.25, -0.2) is 14.3 Å². The number of carbonyl (C=O) groups excluding carboxylic acids is 3. The van der Waals surface area contributed by atoms with Crippen LogP contribution in [0.3, 0.4) is 0 Å². The lowest BCUT2D eigenvalue weighted by atomic mass is 9.96. The molecule has 12 nitrogen and oxygen atoms in total. The molecule has 3 atom stereocenters. The van der Waals surface area contributed by atoms with Gasteiger partial charge in [0, 0.05) is 30.6 Å². The van der Waals surface area contributed by atoms with Crippen molar-refractivity contribution < 1.29 is 14.4 Å². The average Bonchev–Trinajstić information content (AvgIpc) is 3.60. The van der Waals surface area contributed by atoms with Gasteiger partial charge in [0.05, 0.1) is 52.4 Å². The lowest BCUT2D eigenvalue weighted by Crippen LogP contribution is -2.49. The van der Waals surface area contributed by atoms with E-state index in [1.807, 2.05) is 32.9 Å². The SMILES string of the molecule is CNC(=O)[C@@H]1CN(C(C)c2ccc(-n3ncnc3C)cn2)C(=O)c2c3c(nn21)C[C@@H](C)N(C(=O)c1ccc(Cl)c(Cl)c1)C3. The van der Waals surface area contributed by atoms with Crippen LogP contribution in [0, 0.1) is 6.92 Å². The van der Waals surface area contributed by atoms with Crippen LogP contribution in [0.2, 0.25) is 10.0 Å². The van der Waals surface area contributed by atoms with Crippen molar-refractivity contribution in [1.29, 1.82) is 0 Å². The number of likely N-dealkylation sites (N-methyl/N-ethyl adjacent to an activating group) is 1. The van der Waals surface area contributed by atoms with Crippen LogP contribution in [-0.4, -0.2) is 76.7 Å². The second-order valence-electron chi connectivity index (χ2n) is 10.8. The summed E-state index contributed by atoms with van der Waals surface area (Å²) in [5.74, 6) is -0.0652. The zero-order chi connectivity index (χ0) is 30.6. The van der Waals surface area contributed by atoms with Gasteiger partial charge in [-0.3, -0.25) is 19.4 Å². The molecule has 5 heterocycles. The summed E-state index contributed by atoms with van der Waals surface area (Å²) in [7, 11) is 1.56. The van der Waals surface area contributed by atoms with Crippen molar-refractivity contribution in [3.8, 4) is 5.69 Å². The minimum Gasteiger partial charge on any atom is -0.357 e. The maximum absolute atomic E-state index is 14.2. The summed E-state index contributed by atoms with van der Waals surface area (Å²) in [6.07, 6.45) is 3.58. The molecule has 1 N–H and O–H groups in total. The first-order valence-electron chi connectivity index (χ1n) is 13.8. The second kappa shape index (κ2) is 11.1. The molecule has 2 aliphatic rings. The largest absolute Gasteiger partial charge is 0.357 e. The number of pyridine rings is 1. The van der Waals surface area contributed by atoms with E-state index < -0.39 is 12.1 Å². The first-order valence-corrected chi connectivity index (χ1v) is 14.6. The average molecular weight is 623 g/mol. The van der Waals surface area contributed by atoms with Gasteiger partial charge in [-0.15, -0.1) is 0 Å². The molecule has 0 saturated heterocycles. The summed E-state index contributed by atoms with van der Waals surface area (Å²) in [4.78, 5) is 53.0. The Kier molecular flexibility index (Phi) is 7.43. The van der Waals surface area contributed by atoms with E-state index in [0.29, 0.717) is 39.7 Å². The number of nitrogens with one attached hydrogen (secondary N) is 1. The third-order valence-corrected chi connectivity index (χ3v) is 8.91. The Morgan fingerprint density at radius 1 is 1.12 bits per heavy atom. The fraction of sp³-hybridized carbons (Fsp3) is 0.345. The van der Waals surface area contributed by atoms with Gasteiger partial charge >= 0.3 is 0 Å². The van der Waals surface area contributed by atoms with Crippen molar-refractivity contribution in [3.63, 3.8) is 0 Å². The molecular formula is C29H29Cl2N9O3. The van der Waals surface area contributed by atoms with Crippen LogP contribution in [0.5, 0.6) is 0 Å². The number of aromatic nitrogens is 6. The Morgan fingerprint density at radius 3 is 2.56 bits per heavy atom. The number of hydrogen-bond acceptors (Lipinski definition) is 7. The summed E-state index contributed by atoms with van der Waals surface area (Å²) >= 11 is 12.3. The van der Waals surface area contributed by atoms with Crippen molar-refractivity contribution in [2.24, 2.45) is 0 Å². The minimum atomic E-state index is -0.752. The molecule has 3 amide bonds. The zero-order valence-electron chi connectivity index (χ0n) is 24.0. The lowest BCUT2D eigenvalue weighted by molar-refractivity contribution is -0.125. The topological polar surface area (TPSA) is 131 Å². The van der Waals surface area contributed by atoms with Gasteiger partial charge in [0.2, 0.25) is 5.91 Å². The van der Waals surface area contributed by atoms with Gasteiger partial charge in [0.25, 0.3) is 11.8 Å². The number of rotatable bonds is 5. The number of aryl methyl sites for hydroxylation is 1. The number of halogens is 2. The predicted molar refractivity (Wildman–Crippen MR) is 158 cm³/mol. The Labute approximate surface area is 257 Å². The van der Waals surface area contributed by atoms with Crippen molar-refractivity contribution in [3.05, 3.63) is 86.9 Å². The molecule has 0 aliphatic carbocycles. The molecule has 6 rings (SSSR count). The van der Waals surface area contributed by atoms with Crippen LogP contribution in [0.15, 0.2) is 42.9 Å². The summed E-state index contributed by atoms with van der Waals surface area (Å²) in [6.45, 7) is 5.92. The van der Waals surface area contributed by atoms with Crippen molar-refractivity contribution in [2.45, 2.75) is 51.9 Å². The van der Waals surface area contributed by atoms with Gasteiger partial charge in [-0.2, -0.15) is 10.2 Å². The van der Waals surface area contributed by atoms with Crippen LogP contribution >= 0.6 is 23.2 Å². The Bertz CT molecular complexity index is 1750. The highest BCUT2D eigenvalue weighted by atomic mass is 35.5. The van der Waals surface area contributed by atoms with Crippen molar-refractivity contribution in [2.75, 3.05) is 13.6 Å². The fourth-order valence-corrected chi connectivity index (χ4v) is 6.04. The maximum Gasteiger partial charge on any atom is 0.273 e. The van der Waals surface area contributed by atoms with E-state index in [4.69, 9.17) is 28.3 Å². The van der Waals surface area contributed by atoms with Crippen molar-refractivity contribution >= 4 is 40.9 Å². The number of nitrogens with zero attached hydrogens (tertiary/aromatic N) is 8. The minimum absolute atomic E-state index is 0.111. The number of carbonyl (C=O) groups is 3. The van der Waals surface area contributed by atoms with Crippen LogP contribution < -0.4 is 5.32 Å². The van der Waals surface area contributed by atoms with E-state index in [2.05, 4.69) is 20.4 Å². The molecule has 14 heteroatoms. The van der Waals surface area contributed by atoms with Crippen LogP contribution in [0.4, 0.5) is 0 Å². The summed E-state index contributed by atoms with van der Waals surface area (Å²) < 4.78 is 3.20. The number of hydrogen-bond donors (Lipinski definition) is 1. The molecule has 43 heavy (non-hydrogen) atoms. The molecule has 3 aromatic heterocycles. The quantitative estimate of drug-likeness (QED) is 0.360. The van der Waals surface area contributed by atoms with E-state index in [0.717, 1.165) is 11.5 Å². The Hall–Kier alpha value is -4.29. The van der Waals surface area contributed by atoms with Crippen LogP contribution in [-0.2, 0) is 17.8 Å². The molecule has 0 fully saturated rings. The smallest absolute Gasteiger partial charge is 0.273 e. The Morgan fingerprint density at radius 2 is 1.91 bits per heavy atom. The van der Waals surface area contributed by atoms with E-state index in [9.17, 15) is 14.4 Å². The van der Waals surface area contributed by atoms with E-state index >= 15 is 0 Å². The third kappa shape index (κ3) is 4.94. The molecule has 0 radical (unpaired) electrons. The molecule has 4 aromatic rings. The Balaban J connectivity index is 1.34. The monoisotopic (exact) mass is 621 g/mol. The standard InChI is InChI=1S/C29H29Cl2N9O3/c1-15-9-24-20(12-37(15)28(42)18-5-7-21(30)22(31)10-18)26-29(43)38(13-25(27(41)32-4)40(26)36-24)16(2)23-8-6-19(11-33-23)39-17(3)34-14-35-39/h5-8,10-11,14-16,25H,9,12-13H2,1-4H3,(H,32,41)/t15-,16?,25+/m1/s1. The van der Waals surface area contributed by atoms with Gasteiger partial charge < -0.3 is 15.1 Å². The second-order valence-corrected chi connectivity index (χ2v) is 11.6. The number of benzene rings is 1. The van der Waals surface area contributed by atoms with Crippen molar-refractivity contribution in [1.82, 2.24) is 44.6 Å². The maximum atomic E-state index is 14.2. The first-order chi connectivity index (χ1) is 20.6. The van der Waals surface area contributed by atoms with E-state index in [1.165, 1.54) is 11.0 Å². The van der Waals surface area contributed by atoms with Gasteiger partial charge in [0.1, 0.15) is 23.9 Å². The van der Waals surface area contributed by atoms with E-state index in [-0.39, 0.29) is 41.9 Å².